The molecule has 6 nitrogen and oxygen atoms in total. The number of amides is 2. The number of fused-ring (bicyclic) bond motifs is 1. The highest BCUT2D eigenvalue weighted by Crippen LogP contribution is 2.31. The number of nitrogens with one attached hydrogen (secondary N) is 1. The highest BCUT2D eigenvalue weighted by atomic mass is 16.5. The zero-order valence-corrected chi connectivity index (χ0v) is 15.4. The van der Waals surface area contributed by atoms with Crippen molar-refractivity contribution in [3.8, 4) is 0 Å². The average Bonchev–Trinajstić information content (AvgIpc) is 3.49. The molecule has 1 aromatic carbocycles. The Morgan fingerprint density at radius 2 is 2.12 bits per heavy atom. The highest BCUT2D eigenvalue weighted by Gasteiger charge is 2.28. The smallest absolute Gasteiger partial charge is 0.254 e. The Morgan fingerprint density at radius 1 is 1.27 bits per heavy atom. The van der Waals surface area contributed by atoms with Gasteiger partial charge in [-0.1, -0.05) is 0 Å². The third-order valence-corrected chi connectivity index (χ3v) is 5.53. The minimum Gasteiger partial charge on any atom is -0.376 e. The van der Waals surface area contributed by atoms with Gasteiger partial charge in [0.15, 0.2) is 0 Å². The van der Waals surface area contributed by atoms with Gasteiger partial charge in [-0.15, -0.1) is 0 Å². The lowest BCUT2D eigenvalue weighted by atomic mass is 10.1. The van der Waals surface area contributed by atoms with Crippen LogP contribution in [0.3, 0.4) is 0 Å². The van der Waals surface area contributed by atoms with Crippen molar-refractivity contribution in [3.05, 3.63) is 23.8 Å². The van der Waals surface area contributed by atoms with Crippen LogP contribution in [0.2, 0.25) is 0 Å². The topological polar surface area (TPSA) is 61.9 Å². The number of carbonyl (C=O) groups is 2. The number of rotatable bonds is 4. The number of hydrogen-bond donors (Lipinski definition) is 1. The van der Waals surface area contributed by atoms with Crippen molar-refractivity contribution >= 4 is 23.2 Å². The molecule has 1 unspecified atom stereocenters. The second-order valence-electron chi connectivity index (χ2n) is 7.74. The molecule has 0 radical (unpaired) electrons. The first-order chi connectivity index (χ1) is 12.6. The van der Waals surface area contributed by atoms with E-state index in [0.29, 0.717) is 25.1 Å². The molecule has 3 aliphatic rings. The van der Waals surface area contributed by atoms with Crippen molar-refractivity contribution < 1.29 is 14.3 Å². The third-order valence-electron chi connectivity index (χ3n) is 5.53. The molecule has 1 saturated carbocycles. The first kappa shape index (κ1) is 17.3. The number of ether oxygens (including phenoxy) is 1. The van der Waals surface area contributed by atoms with E-state index in [4.69, 9.17) is 4.74 Å². The van der Waals surface area contributed by atoms with Crippen LogP contribution >= 0.6 is 0 Å². The second-order valence-corrected chi connectivity index (χ2v) is 7.74. The molecule has 6 heteroatoms. The van der Waals surface area contributed by atoms with E-state index in [0.717, 1.165) is 43.3 Å². The Balaban J connectivity index is 1.46. The largest absolute Gasteiger partial charge is 0.376 e. The minimum atomic E-state index is -0.00767. The average molecular weight is 357 g/mol. The molecule has 140 valence electrons. The summed E-state index contributed by atoms with van der Waals surface area (Å²) in [5, 5.41) is 2.92. The van der Waals surface area contributed by atoms with Crippen LogP contribution in [0.15, 0.2) is 18.2 Å². The third kappa shape index (κ3) is 3.85. The maximum Gasteiger partial charge on any atom is 0.254 e. The van der Waals surface area contributed by atoms with Crippen LogP contribution in [0.4, 0.5) is 11.4 Å². The van der Waals surface area contributed by atoms with Gasteiger partial charge in [-0.25, -0.2) is 0 Å². The molecule has 1 N–H and O–H groups in total. The molecule has 1 atom stereocenters. The predicted molar refractivity (Wildman–Crippen MR) is 101 cm³/mol. The summed E-state index contributed by atoms with van der Waals surface area (Å²) < 4.78 is 6.00. The van der Waals surface area contributed by atoms with Gasteiger partial charge in [0.1, 0.15) is 0 Å². The molecule has 1 aromatic rings. The van der Waals surface area contributed by atoms with E-state index >= 15 is 0 Å². The number of benzene rings is 1. The normalized spacial score (nSPS) is 23.3. The van der Waals surface area contributed by atoms with Crippen molar-refractivity contribution in [2.75, 3.05) is 43.5 Å². The summed E-state index contributed by atoms with van der Waals surface area (Å²) in [4.78, 5) is 28.8. The Kier molecular flexibility index (Phi) is 4.85. The monoisotopic (exact) mass is 357 g/mol. The molecule has 2 fully saturated rings. The standard InChI is InChI=1S/C20H27N3O3/c1-22-10-8-19(24)21-17-11-15(6-7-18(17)22)20(25)23-9-2-3-16(12-23)26-13-14-4-5-14/h6-7,11,14,16H,2-5,8-10,12-13H2,1H3,(H,21,24). The number of hydrogen-bond acceptors (Lipinski definition) is 4. The van der Waals surface area contributed by atoms with Crippen LogP contribution in [0.25, 0.3) is 0 Å². The van der Waals surface area contributed by atoms with Gasteiger partial charge in [-0.2, -0.15) is 0 Å². The molecule has 1 saturated heterocycles. The first-order valence-electron chi connectivity index (χ1n) is 9.66. The van der Waals surface area contributed by atoms with Crippen molar-refractivity contribution in [1.82, 2.24) is 4.90 Å². The molecular formula is C20H27N3O3. The summed E-state index contributed by atoms with van der Waals surface area (Å²) in [6.07, 6.45) is 5.18. The van der Waals surface area contributed by atoms with Crippen LogP contribution < -0.4 is 10.2 Å². The summed E-state index contributed by atoms with van der Waals surface area (Å²) >= 11 is 0. The molecule has 4 rings (SSSR count). The maximum atomic E-state index is 13.0. The molecule has 0 spiro atoms. The van der Waals surface area contributed by atoms with Crippen molar-refractivity contribution in [2.24, 2.45) is 5.92 Å². The Morgan fingerprint density at radius 3 is 2.92 bits per heavy atom. The number of piperidine rings is 1. The van der Waals surface area contributed by atoms with Gasteiger partial charge in [0.2, 0.25) is 5.91 Å². The van der Waals surface area contributed by atoms with Crippen molar-refractivity contribution in [3.63, 3.8) is 0 Å². The van der Waals surface area contributed by atoms with Crippen LogP contribution in [0, 0.1) is 5.92 Å². The van der Waals surface area contributed by atoms with Crippen LogP contribution in [-0.2, 0) is 9.53 Å². The quantitative estimate of drug-likeness (QED) is 0.899. The van der Waals surface area contributed by atoms with E-state index < -0.39 is 0 Å². The summed E-state index contributed by atoms with van der Waals surface area (Å²) in [7, 11) is 1.97. The predicted octanol–water partition coefficient (Wildman–Crippen LogP) is 2.50. The lowest BCUT2D eigenvalue weighted by molar-refractivity contribution is -0.115. The van der Waals surface area contributed by atoms with Gasteiger partial charge in [0.05, 0.1) is 17.5 Å². The summed E-state index contributed by atoms with van der Waals surface area (Å²) in [5.74, 6) is 0.756. The SMILES string of the molecule is CN1CCC(=O)Nc2cc(C(=O)N3CCCC(OCC4CC4)C3)ccc21. The molecule has 1 aliphatic carbocycles. The molecule has 2 heterocycles. The minimum absolute atomic E-state index is 0.00767. The Bertz CT molecular complexity index is 702. The molecule has 0 bridgehead atoms. The maximum absolute atomic E-state index is 13.0. The van der Waals surface area contributed by atoms with Crippen molar-refractivity contribution in [2.45, 2.75) is 38.2 Å². The zero-order chi connectivity index (χ0) is 18.1. The second kappa shape index (κ2) is 7.27. The fraction of sp³-hybridized carbons (Fsp3) is 0.600. The fourth-order valence-electron chi connectivity index (χ4n) is 3.70. The molecule has 0 aromatic heterocycles. The molecular weight excluding hydrogens is 330 g/mol. The van der Waals surface area contributed by atoms with Gasteiger partial charge < -0.3 is 19.9 Å². The Labute approximate surface area is 154 Å². The zero-order valence-electron chi connectivity index (χ0n) is 15.4. The van der Waals surface area contributed by atoms with Gasteiger partial charge in [-0.3, -0.25) is 9.59 Å². The Hall–Kier alpha value is -2.08. The van der Waals surface area contributed by atoms with Gasteiger partial charge in [0.25, 0.3) is 5.91 Å². The van der Waals surface area contributed by atoms with Crippen molar-refractivity contribution in [1.29, 1.82) is 0 Å². The van der Waals surface area contributed by atoms with Crippen LogP contribution in [0.5, 0.6) is 0 Å². The van der Waals surface area contributed by atoms with E-state index in [9.17, 15) is 9.59 Å². The lowest BCUT2D eigenvalue weighted by Gasteiger charge is -2.33. The van der Waals surface area contributed by atoms with E-state index in [-0.39, 0.29) is 17.9 Å². The molecule has 2 aliphatic heterocycles. The number of likely N-dealkylation sites (tertiary alicyclic amines) is 1. The highest BCUT2D eigenvalue weighted by molar-refractivity contribution is 6.00. The summed E-state index contributed by atoms with van der Waals surface area (Å²) in [6.45, 7) is 2.95. The van der Waals surface area contributed by atoms with Gasteiger partial charge >= 0.3 is 0 Å². The number of carbonyl (C=O) groups excluding carboxylic acids is 2. The van der Waals surface area contributed by atoms with Crippen LogP contribution in [0.1, 0.15) is 42.5 Å². The van der Waals surface area contributed by atoms with Gasteiger partial charge in [-0.05, 0) is 49.8 Å². The van der Waals surface area contributed by atoms with E-state index in [2.05, 4.69) is 5.32 Å². The van der Waals surface area contributed by atoms with Gasteiger partial charge in [0, 0.05) is 45.3 Å². The van der Waals surface area contributed by atoms with Crippen LogP contribution in [-0.4, -0.2) is 56.1 Å². The van der Waals surface area contributed by atoms with E-state index in [1.807, 2.05) is 35.0 Å². The number of nitrogens with zero attached hydrogens (tertiary/aromatic N) is 2. The first-order valence-corrected chi connectivity index (χ1v) is 9.66. The number of anilines is 2. The summed E-state index contributed by atoms with van der Waals surface area (Å²) in [5.41, 5.74) is 2.30. The fourth-order valence-corrected chi connectivity index (χ4v) is 3.70. The lowest BCUT2D eigenvalue weighted by Crippen LogP contribution is -2.43. The summed E-state index contributed by atoms with van der Waals surface area (Å²) in [6, 6.07) is 5.61. The molecule has 2 amide bonds. The molecule has 26 heavy (non-hydrogen) atoms. The van der Waals surface area contributed by atoms with E-state index in [1.54, 1.807) is 0 Å². The van der Waals surface area contributed by atoms with E-state index in [1.165, 1.54) is 12.8 Å².